The summed E-state index contributed by atoms with van der Waals surface area (Å²) in [5, 5.41) is 12.9. The molecular weight excluding hydrogens is 1700 g/mol. The predicted octanol–water partition coefficient (Wildman–Crippen LogP) is 35.4. The van der Waals surface area contributed by atoms with Crippen molar-refractivity contribution in [1.29, 1.82) is 0 Å². The number of rotatable bonds is 10. The number of hydrogen-bond donors (Lipinski definition) is 0. The summed E-state index contributed by atoms with van der Waals surface area (Å²) in [6, 6.07) is 136. The Labute approximate surface area is 821 Å². The van der Waals surface area contributed by atoms with Crippen molar-refractivity contribution in [2.45, 2.75) is 142 Å². The highest BCUT2D eigenvalue weighted by atomic mass is 15.0. The van der Waals surface area contributed by atoms with Crippen LogP contribution in [-0.2, 0) is 10.8 Å². The summed E-state index contributed by atoms with van der Waals surface area (Å²) in [6.45, 7) is 41.5. The number of aromatic nitrogens is 8. The van der Waals surface area contributed by atoms with Gasteiger partial charge < -0.3 is 22.8 Å². The summed E-state index contributed by atoms with van der Waals surface area (Å²) in [5.74, 6) is 2.07. The second-order valence-corrected chi connectivity index (χ2v) is 41.2. The summed E-state index contributed by atoms with van der Waals surface area (Å²) < 4.78 is 12.1. The third kappa shape index (κ3) is 17.4. The van der Waals surface area contributed by atoms with Crippen LogP contribution in [0.15, 0.2) is 370 Å². The first-order valence-electron chi connectivity index (χ1n) is 49.1. The first-order chi connectivity index (χ1) is 67.4. The third-order valence-electron chi connectivity index (χ3n) is 28.0. The highest BCUT2D eigenvalue weighted by molar-refractivity contribution is 6.16. The Balaban J connectivity index is 0.000000116. The maximum Gasteiger partial charge on any atom is 0.164 e. The van der Waals surface area contributed by atoms with Crippen molar-refractivity contribution in [2.24, 2.45) is 0 Å². The summed E-state index contributed by atoms with van der Waals surface area (Å²) >= 11 is 0. The minimum atomic E-state index is 0.125. The van der Waals surface area contributed by atoms with E-state index in [1.165, 1.54) is 243 Å². The maximum atomic E-state index is 4.75. The molecule has 0 N–H and O–H groups in total. The van der Waals surface area contributed by atoms with Crippen molar-refractivity contribution in [2.75, 3.05) is 0 Å². The largest absolute Gasteiger partial charge is 0.309 e. The van der Waals surface area contributed by atoms with E-state index < -0.39 is 0 Å². The lowest BCUT2D eigenvalue weighted by atomic mass is 9.85. The Morgan fingerprint density at radius 2 is 0.314 bits per heavy atom. The Kier molecular flexibility index (Phi) is 23.4. The van der Waals surface area contributed by atoms with Gasteiger partial charge in [-0.3, -0.25) is 0 Å². The number of aryl methyl sites for hydroxylation is 13. The highest BCUT2D eigenvalue weighted by Gasteiger charge is 2.25. The molecule has 140 heavy (non-hydrogen) atoms. The fourth-order valence-corrected chi connectivity index (χ4v) is 20.3. The van der Waals surface area contributed by atoms with E-state index in [0.29, 0.717) is 17.5 Å². The Hall–Kier alpha value is -16.0. The van der Waals surface area contributed by atoms with E-state index >= 15 is 0 Å². The molecule has 0 aliphatic rings. The lowest BCUT2D eigenvalue weighted by molar-refractivity contribution is 0.590. The molecule has 0 atom stereocenters. The molecule has 6 aromatic heterocycles. The molecule has 0 aliphatic carbocycles. The van der Waals surface area contributed by atoms with Crippen molar-refractivity contribution in [3.05, 3.63) is 454 Å². The molecule has 0 fully saturated rings. The summed E-state index contributed by atoms with van der Waals surface area (Å²) in [5.41, 5.74) is 45.6. The molecule has 0 spiro atoms. The molecule has 0 amide bonds. The monoisotopic (exact) mass is 1810 g/mol. The molecule has 24 rings (SSSR count). The SMILES string of the molecule is Cc1ccc(-c2nc(-c3ccc(C)cc3)nc(-c3ccc(C)cc3)n2)cc1.Cc1ccc(-n2c3ccc(-n4c5ccc(C)cc5c5cc(C)ccc54)cc3c3cc(-n4c5ccc(C)cc5c5cc(C)ccc54)ccc32)cc1.Cc1ccc(-n2c3ccc(C)cc3c3cc(C)ccc32)cc1.Cc1ccc2c(c1)c1cc(C)ccc1n2-c1cc(-c2ccc(C(C)(C)C)cc2)cc(-c2ccc(C(C)(C)C)cc2)c1. The first kappa shape index (κ1) is 90.4. The van der Waals surface area contributed by atoms with Crippen LogP contribution >= 0.6 is 0 Å². The fourth-order valence-electron chi connectivity index (χ4n) is 20.3. The second-order valence-electron chi connectivity index (χ2n) is 41.2. The maximum absolute atomic E-state index is 4.75. The lowest BCUT2D eigenvalue weighted by Crippen LogP contribution is -2.10. The molecule has 0 radical (unpaired) electrons. The third-order valence-corrected chi connectivity index (χ3v) is 28.0. The Bertz CT molecular complexity index is 8290. The van der Waals surface area contributed by atoms with E-state index in [-0.39, 0.29) is 10.8 Å². The molecule has 0 saturated heterocycles. The Morgan fingerprint density at radius 1 is 0.143 bits per heavy atom. The first-order valence-corrected chi connectivity index (χ1v) is 49.1. The van der Waals surface area contributed by atoms with Gasteiger partial charge in [0.25, 0.3) is 0 Å². The molecule has 0 saturated carbocycles. The number of fused-ring (bicyclic) bond motifs is 15. The Morgan fingerprint density at radius 3 is 0.536 bits per heavy atom. The van der Waals surface area contributed by atoms with Crippen LogP contribution in [-0.4, -0.2) is 37.8 Å². The normalized spacial score (nSPS) is 11.8. The molecule has 18 aromatic carbocycles. The molecule has 8 nitrogen and oxygen atoms in total. The molecule has 0 aliphatic heterocycles. The zero-order valence-electron chi connectivity index (χ0n) is 83.8. The topological polar surface area (TPSA) is 63.3 Å². The molecule has 24 aromatic rings. The average Bonchev–Trinajstić information content (AvgIpc) is 1.57. The molecule has 0 unspecified atom stereocenters. The van der Waals surface area contributed by atoms with Gasteiger partial charge in [-0.1, -0.05) is 308 Å². The van der Waals surface area contributed by atoms with Crippen LogP contribution in [0.2, 0.25) is 0 Å². The fraction of sp³-hybridized carbons (Fsp3) is 0.159. The number of benzene rings is 18. The molecule has 0 bridgehead atoms. The van der Waals surface area contributed by atoms with Gasteiger partial charge in [0.2, 0.25) is 0 Å². The van der Waals surface area contributed by atoms with Crippen molar-refractivity contribution in [1.82, 2.24) is 37.8 Å². The van der Waals surface area contributed by atoms with E-state index in [4.69, 9.17) is 15.0 Å². The van der Waals surface area contributed by atoms with Gasteiger partial charge in [0.1, 0.15) is 0 Å². The average molecular weight is 1820 g/mol. The van der Waals surface area contributed by atoms with Gasteiger partial charge >= 0.3 is 0 Å². The molecular formula is C132H118N8. The predicted molar refractivity (Wildman–Crippen MR) is 597 cm³/mol. The van der Waals surface area contributed by atoms with E-state index in [2.05, 4.69) is 524 Å². The van der Waals surface area contributed by atoms with Crippen LogP contribution in [0.3, 0.4) is 0 Å². The van der Waals surface area contributed by atoms with Gasteiger partial charge in [0.05, 0.1) is 55.2 Å². The van der Waals surface area contributed by atoms with Crippen molar-refractivity contribution in [3.8, 4) is 84.9 Å². The molecule has 686 valence electrons. The minimum absolute atomic E-state index is 0.125. The lowest BCUT2D eigenvalue weighted by Gasteiger charge is -2.20. The standard InChI is InChI=1S/C47H37N3.C40H41N.C24H21N3.C21H19N/c1-28-6-12-33(13-7-28)48-46-20-14-34(49-42-16-8-29(2)22-36(42)37-23-30(3)9-17-43(37)49)26-40(46)41-27-35(15-21-47(41)48)50-44-18-10-31(4)24-38(44)39-25-32(5)11-19-45(39)50;1-26-9-19-37-35(21-26)36-22-27(2)10-20-38(36)41(37)34-24-30(28-11-15-32(16-12-28)39(3,4)5)23-31(25-34)29-13-17-33(18-14-29)40(6,7)8;1-16-4-10-19(11-5-16)22-25-23(20-12-6-17(2)7-13-20)27-24(26-22)21-14-8-18(3)9-15-21;1-14-4-8-17(9-5-14)22-20-10-6-15(2)12-18(20)19-13-16(3)7-11-21(19)22/h6-27H,1-5H3;9-25H,1-8H3;4-15H,1-3H3;4-13H,1-3H3. The number of hydrogen-bond acceptors (Lipinski definition) is 3. The summed E-state index contributed by atoms with van der Waals surface area (Å²) in [4.78, 5) is 14.3. The van der Waals surface area contributed by atoms with Crippen LogP contribution in [0.5, 0.6) is 0 Å². The van der Waals surface area contributed by atoms with Crippen molar-refractivity contribution >= 4 is 109 Å². The van der Waals surface area contributed by atoms with Crippen LogP contribution in [0.4, 0.5) is 0 Å². The van der Waals surface area contributed by atoms with Crippen LogP contribution in [0.1, 0.15) is 125 Å². The van der Waals surface area contributed by atoms with Crippen molar-refractivity contribution in [3.63, 3.8) is 0 Å². The zero-order chi connectivity index (χ0) is 97.0. The smallest absolute Gasteiger partial charge is 0.164 e. The number of nitrogens with zero attached hydrogens (tertiary/aromatic N) is 8. The molecule has 8 heteroatoms. The van der Waals surface area contributed by atoms with Gasteiger partial charge in [0, 0.05) is 99.0 Å². The van der Waals surface area contributed by atoms with Crippen LogP contribution in [0, 0.1) is 90.0 Å². The van der Waals surface area contributed by atoms with Gasteiger partial charge in [0.15, 0.2) is 17.5 Å². The van der Waals surface area contributed by atoms with Crippen molar-refractivity contribution < 1.29 is 0 Å². The van der Waals surface area contributed by atoms with Gasteiger partial charge in [-0.05, 0) is 310 Å². The van der Waals surface area contributed by atoms with Crippen LogP contribution < -0.4 is 0 Å². The second kappa shape index (κ2) is 36.1. The van der Waals surface area contributed by atoms with E-state index in [1.807, 2.05) is 0 Å². The van der Waals surface area contributed by atoms with Crippen LogP contribution in [0.25, 0.3) is 194 Å². The van der Waals surface area contributed by atoms with Gasteiger partial charge in [-0.2, -0.15) is 0 Å². The quantitative estimate of drug-likeness (QED) is 0.137. The van der Waals surface area contributed by atoms with Gasteiger partial charge in [-0.25, -0.2) is 15.0 Å². The minimum Gasteiger partial charge on any atom is -0.309 e. The molecule has 6 heterocycles. The van der Waals surface area contributed by atoms with E-state index in [0.717, 1.165) is 16.7 Å². The summed E-state index contributed by atoms with van der Waals surface area (Å²) in [7, 11) is 0. The zero-order valence-corrected chi connectivity index (χ0v) is 83.8. The van der Waals surface area contributed by atoms with E-state index in [9.17, 15) is 0 Å². The van der Waals surface area contributed by atoms with Gasteiger partial charge in [-0.15, -0.1) is 0 Å². The highest BCUT2D eigenvalue weighted by Crippen LogP contribution is 2.45. The summed E-state index contributed by atoms with van der Waals surface area (Å²) in [6.07, 6.45) is 0. The van der Waals surface area contributed by atoms with E-state index in [1.54, 1.807) is 0 Å².